The third kappa shape index (κ3) is 4.11. The van der Waals surface area contributed by atoms with Crippen molar-refractivity contribution < 1.29 is 4.92 Å². The molecule has 0 radical (unpaired) electrons. The minimum Gasteiger partial charge on any atom is -0.331 e. The number of nitrogens with zero attached hydrogens (tertiary/aromatic N) is 3. The van der Waals surface area contributed by atoms with E-state index in [0.717, 1.165) is 22.6 Å². The number of nitro groups is 1. The largest absolute Gasteiger partial charge is 0.331 e. The van der Waals surface area contributed by atoms with Gasteiger partial charge in [-0.3, -0.25) is 10.1 Å². The zero-order chi connectivity index (χ0) is 20.4. The van der Waals surface area contributed by atoms with E-state index in [1.54, 1.807) is 12.1 Å². The highest BCUT2D eigenvalue weighted by Crippen LogP contribution is 2.30. The summed E-state index contributed by atoms with van der Waals surface area (Å²) in [6.07, 6.45) is 0. The van der Waals surface area contributed by atoms with Gasteiger partial charge in [0.15, 0.2) is 5.11 Å². The van der Waals surface area contributed by atoms with Crippen LogP contribution in [-0.2, 0) is 6.54 Å². The average molecular weight is 423 g/mol. The number of halogens is 1. The first-order chi connectivity index (χ1) is 14.0. The maximum Gasteiger partial charge on any atom is 0.269 e. The second-order valence-corrected chi connectivity index (χ2v) is 7.21. The second-order valence-electron chi connectivity index (χ2n) is 6.39. The van der Waals surface area contributed by atoms with Crippen molar-refractivity contribution in [1.29, 1.82) is 0 Å². The molecule has 0 fully saturated rings. The fraction of sp³-hybridized carbons (Fsp3) is 0.0476. The first-order valence-corrected chi connectivity index (χ1v) is 9.55. The maximum atomic E-state index is 10.8. The fourth-order valence-electron chi connectivity index (χ4n) is 3.14. The van der Waals surface area contributed by atoms with Crippen molar-refractivity contribution >= 4 is 51.8 Å². The molecule has 0 amide bonds. The van der Waals surface area contributed by atoms with Crippen molar-refractivity contribution in [3.8, 4) is 0 Å². The lowest BCUT2D eigenvalue weighted by atomic mass is 10.1. The van der Waals surface area contributed by atoms with Gasteiger partial charge in [-0.25, -0.2) is 4.99 Å². The number of rotatable bonds is 3. The van der Waals surface area contributed by atoms with Gasteiger partial charge >= 0.3 is 0 Å². The van der Waals surface area contributed by atoms with E-state index in [0.29, 0.717) is 17.3 Å². The number of hydrogen-bond donors (Lipinski definition) is 1. The number of benzene rings is 3. The molecule has 4 rings (SSSR count). The summed E-state index contributed by atoms with van der Waals surface area (Å²) in [6, 6.07) is 21.6. The molecule has 144 valence electrons. The Labute approximate surface area is 177 Å². The average Bonchev–Trinajstić information content (AvgIpc) is 3.07. The summed E-state index contributed by atoms with van der Waals surface area (Å²) < 4.78 is 0. The van der Waals surface area contributed by atoms with E-state index in [9.17, 15) is 10.1 Å². The van der Waals surface area contributed by atoms with Crippen LogP contribution in [-0.4, -0.2) is 15.9 Å². The molecule has 0 spiro atoms. The molecule has 0 unspecified atom stereocenters. The molecule has 1 aliphatic rings. The Balaban J connectivity index is 1.63. The molecule has 8 heteroatoms. The number of amidine groups is 1. The van der Waals surface area contributed by atoms with Gasteiger partial charge in [0.05, 0.1) is 11.5 Å². The van der Waals surface area contributed by atoms with Crippen molar-refractivity contribution in [2.75, 3.05) is 10.2 Å². The van der Waals surface area contributed by atoms with Gasteiger partial charge in [-0.15, -0.1) is 0 Å². The molecule has 1 aliphatic heterocycles. The number of nitro benzene ring substituents is 1. The molecular weight excluding hydrogens is 408 g/mol. The summed E-state index contributed by atoms with van der Waals surface area (Å²) in [5.74, 6) is 0.738. The number of hydrogen-bond acceptors (Lipinski definition) is 3. The van der Waals surface area contributed by atoms with E-state index in [4.69, 9.17) is 23.8 Å². The van der Waals surface area contributed by atoms with Gasteiger partial charge in [-0.1, -0.05) is 35.9 Å². The van der Waals surface area contributed by atoms with E-state index in [-0.39, 0.29) is 10.8 Å². The standard InChI is InChI=1S/C21H15ClN4O2S/c22-15-5-9-17(10-6-15)25-13-14-3-1-2-4-19(14)20(25)24-21(29)23-16-7-11-18(12-8-16)26(27)28/h1-12H,13H2,(H,23,29)/b24-20+. The number of thiocarbonyl (C=S) groups is 1. The van der Waals surface area contributed by atoms with Crippen LogP contribution in [0.15, 0.2) is 77.8 Å². The topological polar surface area (TPSA) is 70.8 Å². The van der Waals surface area contributed by atoms with Crippen molar-refractivity contribution in [2.45, 2.75) is 6.54 Å². The lowest BCUT2D eigenvalue weighted by molar-refractivity contribution is -0.384. The zero-order valence-electron chi connectivity index (χ0n) is 15.1. The van der Waals surface area contributed by atoms with Gasteiger partial charge in [-0.2, -0.15) is 0 Å². The summed E-state index contributed by atoms with van der Waals surface area (Å²) >= 11 is 11.5. The molecule has 3 aromatic carbocycles. The van der Waals surface area contributed by atoms with Crippen molar-refractivity contribution in [3.05, 3.63) is 99.1 Å². The van der Waals surface area contributed by atoms with Crippen molar-refractivity contribution in [1.82, 2.24) is 0 Å². The van der Waals surface area contributed by atoms with Gasteiger partial charge in [0, 0.05) is 34.1 Å². The molecule has 1 N–H and O–H groups in total. The normalized spacial score (nSPS) is 14.0. The van der Waals surface area contributed by atoms with E-state index in [2.05, 4.69) is 21.3 Å². The van der Waals surface area contributed by atoms with Crippen LogP contribution >= 0.6 is 23.8 Å². The minimum absolute atomic E-state index is 0.0198. The highest BCUT2D eigenvalue weighted by molar-refractivity contribution is 7.80. The highest BCUT2D eigenvalue weighted by Gasteiger charge is 2.26. The number of anilines is 2. The van der Waals surface area contributed by atoms with E-state index in [1.807, 2.05) is 42.5 Å². The molecule has 0 atom stereocenters. The Morgan fingerprint density at radius 2 is 1.76 bits per heavy atom. The third-order valence-electron chi connectivity index (χ3n) is 4.52. The van der Waals surface area contributed by atoms with Crippen LogP contribution in [0.2, 0.25) is 5.02 Å². The fourth-order valence-corrected chi connectivity index (χ4v) is 3.47. The van der Waals surface area contributed by atoms with Gasteiger partial charge in [0.1, 0.15) is 5.84 Å². The van der Waals surface area contributed by atoms with Crippen molar-refractivity contribution in [2.24, 2.45) is 4.99 Å². The molecule has 0 bridgehead atoms. The molecule has 0 aromatic heterocycles. The molecular formula is C21H15ClN4O2S. The highest BCUT2D eigenvalue weighted by atomic mass is 35.5. The molecule has 6 nitrogen and oxygen atoms in total. The van der Waals surface area contributed by atoms with Gasteiger partial charge < -0.3 is 10.2 Å². The first-order valence-electron chi connectivity index (χ1n) is 8.77. The molecule has 1 heterocycles. The summed E-state index contributed by atoms with van der Waals surface area (Å²) in [7, 11) is 0. The van der Waals surface area contributed by atoms with Gasteiger partial charge in [0.2, 0.25) is 0 Å². The van der Waals surface area contributed by atoms with Crippen LogP contribution < -0.4 is 10.2 Å². The Hall–Kier alpha value is -3.29. The Morgan fingerprint density at radius 1 is 1.07 bits per heavy atom. The minimum atomic E-state index is -0.443. The molecule has 29 heavy (non-hydrogen) atoms. The van der Waals surface area contributed by atoms with Crippen LogP contribution in [0.3, 0.4) is 0 Å². The number of nitrogens with one attached hydrogen (secondary N) is 1. The van der Waals surface area contributed by atoms with E-state index < -0.39 is 4.92 Å². The zero-order valence-corrected chi connectivity index (χ0v) is 16.7. The SMILES string of the molecule is O=[N+]([O-])c1ccc(NC(=S)/N=C2\c3ccccc3CN2c2ccc(Cl)cc2)cc1. The van der Waals surface area contributed by atoms with E-state index in [1.165, 1.54) is 12.1 Å². The molecule has 0 saturated carbocycles. The number of fused-ring (bicyclic) bond motifs is 1. The van der Waals surface area contributed by atoms with Crippen LogP contribution in [0.4, 0.5) is 17.1 Å². The predicted molar refractivity (Wildman–Crippen MR) is 120 cm³/mol. The maximum absolute atomic E-state index is 10.8. The van der Waals surface area contributed by atoms with Crippen LogP contribution in [0.5, 0.6) is 0 Å². The summed E-state index contributed by atoms with van der Waals surface area (Å²) in [5, 5.41) is 14.8. The van der Waals surface area contributed by atoms with Crippen LogP contribution in [0.1, 0.15) is 11.1 Å². The summed E-state index contributed by atoms with van der Waals surface area (Å²) in [5.41, 5.74) is 3.78. The monoisotopic (exact) mass is 422 g/mol. The quantitative estimate of drug-likeness (QED) is 0.347. The van der Waals surface area contributed by atoms with Crippen LogP contribution in [0, 0.1) is 10.1 Å². The Bertz CT molecular complexity index is 1110. The first kappa shape index (κ1) is 19.0. The Kier molecular flexibility index (Phi) is 5.24. The Morgan fingerprint density at radius 3 is 2.45 bits per heavy atom. The second kappa shape index (κ2) is 7.98. The molecule has 3 aromatic rings. The van der Waals surface area contributed by atoms with Crippen molar-refractivity contribution in [3.63, 3.8) is 0 Å². The summed E-state index contributed by atoms with van der Waals surface area (Å²) in [6.45, 7) is 0.677. The lowest BCUT2D eigenvalue weighted by Gasteiger charge is -2.19. The number of non-ortho nitro benzene ring substituents is 1. The smallest absolute Gasteiger partial charge is 0.269 e. The number of aliphatic imine (C=N–C) groups is 1. The third-order valence-corrected chi connectivity index (χ3v) is 4.96. The lowest BCUT2D eigenvalue weighted by Crippen LogP contribution is -2.26. The van der Waals surface area contributed by atoms with E-state index >= 15 is 0 Å². The van der Waals surface area contributed by atoms with Gasteiger partial charge in [-0.05, 0) is 54.2 Å². The summed E-state index contributed by atoms with van der Waals surface area (Å²) in [4.78, 5) is 17.1. The predicted octanol–water partition coefficient (Wildman–Crippen LogP) is 5.41. The van der Waals surface area contributed by atoms with Gasteiger partial charge in [0.25, 0.3) is 5.69 Å². The van der Waals surface area contributed by atoms with Crippen LogP contribution in [0.25, 0.3) is 0 Å². The molecule has 0 aliphatic carbocycles. The molecule has 0 saturated heterocycles.